The Hall–Kier alpha value is -2.22. The third-order valence-electron chi connectivity index (χ3n) is 5.07. The van der Waals surface area contributed by atoms with Gasteiger partial charge in [-0.1, -0.05) is 27.7 Å². The highest BCUT2D eigenvalue weighted by atomic mass is 32.1. The molecule has 0 fully saturated rings. The number of aliphatic hydroxyl groups excluding tert-OH is 2. The van der Waals surface area contributed by atoms with Crippen molar-refractivity contribution >= 4 is 11.3 Å². The molecule has 0 aliphatic carbocycles. The van der Waals surface area contributed by atoms with Gasteiger partial charge in [-0.3, -0.25) is 0 Å². The second kappa shape index (κ2) is 9.94. The van der Waals surface area contributed by atoms with Gasteiger partial charge in [0.25, 0.3) is 5.89 Å². The third-order valence-corrected chi connectivity index (χ3v) is 6.11. The van der Waals surface area contributed by atoms with Crippen LogP contribution in [0.5, 0.6) is 5.75 Å². The van der Waals surface area contributed by atoms with E-state index in [1.165, 1.54) is 11.1 Å². The smallest absolute Gasteiger partial charge is 0.258 e. The van der Waals surface area contributed by atoms with Gasteiger partial charge in [0.15, 0.2) is 0 Å². The fraction of sp³-hybridized carbons (Fsp3) is 0.500. The van der Waals surface area contributed by atoms with Crippen molar-refractivity contribution in [1.82, 2.24) is 10.2 Å². The summed E-state index contributed by atoms with van der Waals surface area (Å²) in [5.41, 5.74) is 5.29. The molecule has 7 heteroatoms. The quantitative estimate of drug-likeness (QED) is 0.475. The van der Waals surface area contributed by atoms with Crippen LogP contribution in [0.4, 0.5) is 0 Å². The first kappa shape index (κ1) is 23.4. The van der Waals surface area contributed by atoms with E-state index in [2.05, 4.69) is 43.3 Å². The molecule has 168 valence electrons. The molecule has 0 aliphatic rings. The SMILES string of the molecule is Cc1cc(-c2nnc(-c3scc(CC(C)C)c3C(C)C)o2)cc(C)c1OCC(O)CO. The van der Waals surface area contributed by atoms with Crippen LogP contribution < -0.4 is 4.74 Å². The maximum absolute atomic E-state index is 9.55. The molecule has 3 aromatic rings. The lowest BCUT2D eigenvalue weighted by molar-refractivity contribution is 0.0532. The Morgan fingerprint density at radius 3 is 2.29 bits per heavy atom. The number of hydrogen-bond donors (Lipinski definition) is 2. The lowest BCUT2D eigenvalue weighted by Crippen LogP contribution is -2.21. The summed E-state index contributed by atoms with van der Waals surface area (Å²) in [6.07, 6.45) is 0.133. The number of rotatable bonds is 9. The zero-order valence-electron chi connectivity index (χ0n) is 19.1. The van der Waals surface area contributed by atoms with Gasteiger partial charge in [-0.2, -0.15) is 0 Å². The van der Waals surface area contributed by atoms with Crippen LogP contribution in [0.15, 0.2) is 21.9 Å². The van der Waals surface area contributed by atoms with Gasteiger partial charge in [-0.25, -0.2) is 0 Å². The van der Waals surface area contributed by atoms with E-state index >= 15 is 0 Å². The third kappa shape index (κ3) is 5.34. The number of ether oxygens (including phenoxy) is 1. The molecular formula is C24H32N2O4S. The predicted octanol–water partition coefficient (Wildman–Crippen LogP) is 5.14. The molecule has 31 heavy (non-hydrogen) atoms. The molecule has 0 saturated heterocycles. The van der Waals surface area contributed by atoms with E-state index in [0.29, 0.717) is 29.4 Å². The lowest BCUT2D eigenvalue weighted by atomic mass is 9.94. The minimum atomic E-state index is -0.904. The summed E-state index contributed by atoms with van der Waals surface area (Å²) in [4.78, 5) is 1.05. The van der Waals surface area contributed by atoms with Gasteiger partial charge in [0.1, 0.15) is 18.5 Å². The van der Waals surface area contributed by atoms with Gasteiger partial charge in [0.05, 0.1) is 11.5 Å². The van der Waals surface area contributed by atoms with Crippen LogP contribution in [-0.2, 0) is 6.42 Å². The van der Waals surface area contributed by atoms with Crippen molar-refractivity contribution in [2.75, 3.05) is 13.2 Å². The molecule has 2 heterocycles. The average molecular weight is 445 g/mol. The summed E-state index contributed by atoms with van der Waals surface area (Å²) in [6, 6.07) is 3.87. The van der Waals surface area contributed by atoms with E-state index in [-0.39, 0.29) is 13.2 Å². The number of thiophene rings is 1. The van der Waals surface area contributed by atoms with Crippen LogP contribution >= 0.6 is 11.3 Å². The van der Waals surface area contributed by atoms with Crippen molar-refractivity contribution in [3.8, 4) is 28.0 Å². The number of aromatic nitrogens is 2. The summed E-state index contributed by atoms with van der Waals surface area (Å²) >= 11 is 1.67. The summed E-state index contributed by atoms with van der Waals surface area (Å²) in [6.45, 7) is 12.4. The molecule has 0 spiro atoms. The van der Waals surface area contributed by atoms with Crippen LogP contribution in [-0.4, -0.2) is 39.7 Å². The zero-order chi connectivity index (χ0) is 22.7. The lowest BCUT2D eigenvalue weighted by Gasteiger charge is -2.15. The molecular weight excluding hydrogens is 412 g/mol. The van der Waals surface area contributed by atoms with Crippen molar-refractivity contribution in [3.05, 3.63) is 39.8 Å². The molecule has 0 amide bonds. The minimum Gasteiger partial charge on any atom is -0.490 e. The molecule has 0 bridgehead atoms. The van der Waals surface area contributed by atoms with E-state index in [4.69, 9.17) is 14.3 Å². The normalized spacial score (nSPS) is 12.7. The standard InChI is InChI=1S/C24H32N2O4S/c1-13(2)7-18-12-31-22(20(18)14(3)4)24-26-25-23(30-24)17-8-15(5)21(16(6)9-17)29-11-19(28)10-27/h8-9,12-14,19,27-28H,7,10-11H2,1-6H3. The molecule has 0 aliphatic heterocycles. The van der Waals surface area contributed by atoms with Crippen molar-refractivity contribution < 1.29 is 19.4 Å². The van der Waals surface area contributed by atoms with Gasteiger partial charge in [0, 0.05) is 5.56 Å². The number of aliphatic hydroxyl groups is 2. The Labute approximate surface area is 187 Å². The average Bonchev–Trinajstić information content (AvgIpc) is 3.33. The second-order valence-corrected chi connectivity index (χ2v) is 9.63. The Bertz CT molecular complexity index is 1000. The first-order valence-electron chi connectivity index (χ1n) is 10.7. The molecule has 6 nitrogen and oxygen atoms in total. The Kier molecular flexibility index (Phi) is 7.51. The van der Waals surface area contributed by atoms with Crippen molar-refractivity contribution in [2.45, 2.75) is 60.0 Å². The van der Waals surface area contributed by atoms with Gasteiger partial charge in [-0.15, -0.1) is 21.5 Å². The van der Waals surface area contributed by atoms with Crippen molar-refractivity contribution in [3.63, 3.8) is 0 Å². The highest BCUT2D eigenvalue weighted by Gasteiger charge is 2.22. The number of benzene rings is 1. The highest BCUT2D eigenvalue weighted by Crippen LogP contribution is 2.39. The molecule has 3 rings (SSSR count). The second-order valence-electron chi connectivity index (χ2n) is 8.76. The summed E-state index contributed by atoms with van der Waals surface area (Å²) < 4.78 is 11.8. The maximum Gasteiger partial charge on any atom is 0.258 e. The molecule has 2 aromatic heterocycles. The van der Waals surface area contributed by atoms with Crippen LogP contribution in [0.1, 0.15) is 55.9 Å². The Morgan fingerprint density at radius 1 is 1.06 bits per heavy atom. The predicted molar refractivity (Wildman–Crippen MR) is 124 cm³/mol. The minimum absolute atomic E-state index is 0.0390. The first-order valence-corrected chi connectivity index (χ1v) is 11.6. The van der Waals surface area contributed by atoms with Crippen LogP contribution in [0.2, 0.25) is 0 Å². The summed E-state index contributed by atoms with van der Waals surface area (Å²) in [5.74, 6) is 2.68. The summed E-state index contributed by atoms with van der Waals surface area (Å²) in [7, 11) is 0. The monoisotopic (exact) mass is 444 g/mol. The molecule has 2 N–H and O–H groups in total. The fourth-order valence-corrected chi connectivity index (χ4v) is 4.93. The van der Waals surface area contributed by atoms with Crippen molar-refractivity contribution in [2.24, 2.45) is 5.92 Å². The van der Waals surface area contributed by atoms with Gasteiger partial charge < -0.3 is 19.4 Å². The maximum atomic E-state index is 9.55. The Morgan fingerprint density at radius 2 is 1.71 bits per heavy atom. The van der Waals surface area contributed by atoms with E-state index in [0.717, 1.165) is 28.0 Å². The van der Waals surface area contributed by atoms with Crippen LogP contribution in [0.3, 0.4) is 0 Å². The molecule has 1 aromatic carbocycles. The Balaban J connectivity index is 1.90. The zero-order valence-corrected chi connectivity index (χ0v) is 19.9. The van der Waals surface area contributed by atoms with Gasteiger partial charge in [0.2, 0.25) is 5.89 Å². The fourth-order valence-electron chi connectivity index (χ4n) is 3.76. The van der Waals surface area contributed by atoms with Crippen LogP contribution in [0.25, 0.3) is 22.2 Å². The molecule has 0 saturated carbocycles. The highest BCUT2D eigenvalue weighted by molar-refractivity contribution is 7.13. The molecule has 1 atom stereocenters. The molecule has 1 unspecified atom stereocenters. The number of hydrogen-bond acceptors (Lipinski definition) is 7. The largest absolute Gasteiger partial charge is 0.490 e. The van der Waals surface area contributed by atoms with E-state index in [1.54, 1.807) is 11.3 Å². The molecule has 0 radical (unpaired) electrons. The van der Waals surface area contributed by atoms with E-state index in [1.807, 2.05) is 26.0 Å². The topological polar surface area (TPSA) is 88.6 Å². The number of aryl methyl sites for hydroxylation is 2. The number of nitrogens with zero attached hydrogens (tertiary/aromatic N) is 2. The van der Waals surface area contributed by atoms with Gasteiger partial charge in [-0.05, 0) is 71.9 Å². The first-order chi connectivity index (χ1) is 14.7. The summed E-state index contributed by atoms with van der Waals surface area (Å²) in [5, 5.41) is 29.4. The van der Waals surface area contributed by atoms with Crippen molar-refractivity contribution in [1.29, 1.82) is 0 Å². The van der Waals surface area contributed by atoms with E-state index in [9.17, 15) is 5.11 Å². The van der Waals surface area contributed by atoms with Gasteiger partial charge >= 0.3 is 0 Å². The van der Waals surface area contributed by atoms with Crippen LogP contribution in [0, 0.1) is 19.8 Å². The van der Waals surface area contributed by atoms with E-state index < -0.39 is 6.10 Å².